The summed E-state index contributed by atoms with van der Waals surface area (Å²) in [6.07, 6.45) is 0. The lowest BCUT2D eigenvalue weighted by atomic mass is 10.2. The number of carbonyl (C=O) groups excluding carboxylic acids is 1. The first-order valence-corrected chi connectivity index (χ1v) is 7.13. The van der Waals surface area contributed by atoms with Crippen molar-refractivity contribution in [2.75, 3.05) is 6.61 Å². The van der Waals surface area contributed by atoms with Gasteiger partial charge in [-0.15, -0.1) is 0 Å². The summed E-state index contributed by atoms with van der Waals surface area (Å²) in [4.78, 5) is 25.1. The molecule has 0 radical (unpaired) electrons. The SMILES string of the molecule is NC(=O)COc1ccc(-c2noc(-c3ccc([N+](=O)[O-])cc3)n2)cc1. The number of benzene rings is 2. The Balaban J connectivity index is 1.76. The van der Waals surface area contributed by atoms with Crippen molar-refractivity contribution in [2.24, 2.45) is 5.73 Å². The highest BCUT2D eigenvalue weighted by Gasteiger charge is 2.12. The van der Waals surface area contributed by atoms with Crippen molar-refractivity contribution in [3.05, 3.63) is 58.6 Å². The van der Waals surface area contributed by atoms with Crippen LogP contribution in [0.2, 0.25) is 0 Å². The summed E-state index contributed by atoms with van der Waals surface area (Å²) >= 11 is 0. The fraction of sp³-hybridized carbons (Fsp3) is 0.0625. The number of rotatable bonds is 6. The molecule has 1 amide bonds. The third kappa shape index (κ3) is 3.78. The Bertz CT molecular complexity index is 903. The number of non-ortho nitro benzene ring substituents is 1. The Morgan fingerprint density at radius 1 is 1.12 bits per heavy atom. The Morgan fingerprint density at radius 3 is 2.36 bits per heavy atom. The van der Waals surface area contributed by atoms with Gasteiger partial charge in [0, 0.05) is 23.3 Å². The molecule has 2 aromatic carbocycles. The van der Waals surface area contributed by atoms with E-state index in [0.717, 1.165) is 0 Å². The zero-order valence-electron chi connectivity index (χ0n) is 12.8. The number of amides is 1. The highest BCUT2D eigenvalue weighted by Crippen LogP contribution is 2.25. The molecule has 3 aromatic rings. The van der Waals surface area contributed by atoms with Crippen molar-refractivity contribution in [2.45, 2.75) is 0 Å². The Labute approximate surface area is 141 Å². The van der Waals surface area contributed by atoms with Crippen LogP contribution in [0.3, 0.4) is 0 Å². The Hall–Kier alpha value is -3.75. The maximum absolute atomic E-state index is 10.7. The van der Waals surface area contributed by atoms with Gasteiger partial charge in [-0.3, -0.25) is 14.9 Å². The van der Waals surface area contributed by atoms with E-state index in [1.54, 1.807) is 24.3 Å². The number of ether oxygens (including phenoxy) is 1. The van der Waals surface area contributed by atoms with Crippen molar-refractivity contribution in [1.82, 2.24) is 10.1 Å². The molecule has 2 N–H and O–H groups in total. The number of hydrogen-bond donors (Lipinski definition) is 1. The number of aromatic nitrogens is 2. The summed E-state index contributed by atoms with van der Waals surface area (Å²) in [7, 11) is 0. The van der Waals surface area contributed by atoms with Crippen molar-refractivity contribution in [3.8, 4) is 28.6 Å². The topological polar surface area (TPSA) is 134 Å². The van der Waals surface area contributed by atoms with Gasteiger partial charge in [-0.05, 0) is 36.4 Å². The van der Waals surface area contributed by atoms with Crippen LogP contribution in [0.15, 0.2) is 53.1 Å². The lowest BCUT2D eigenvalue weighted by Crippen LogP contribution is -2.19. The van der Waals surface area contributed by atoms with E-state index < -0.39 is 10.8 Å². The van der Waals surface area contributed by atoms with Crippen molar-refractivity contribution in [1.29, 1.82) is 0 Å². The van der Waals surface area contributed by atoms with E-state index >= 15 is 0 Å². The summed E-state index contributed by atoms with van der Waals surface area (Å²) < 4.78 is 10.4. The molecular formula is C16H12N4O5. The Morgan fingerprint density at radius 2 is 1.76 bits per heavy atom. The molecule has 0 fully saturated rings. The van der Waals surface area contributed by atoms with Gasteiger partial charge < -0.3 is 15.0 Å². The molecule has 0 spiro atoms. The summed E-state index contributed by atoms with van der Waals surface area (Å²) in [5.41, 5.74) is 6.25. The van der Waals surface area contributed by atoms with E-state index in [1.807, 2.05) is 0 Å². The molecule has 3 rings (SSSR count). The molecule has 9 heteroatoms. The zero-order valence-corrected chi connectivity index (χ0v) is 12.8. The van der Waals surface area contributed by atoms with Gasteiger partial charge in [0.1, 0.15) is 5.75 Å². The molecular weight excluding hydrogens is 328 g/mol. The maximum atomic E-state index is 10.7. The average molecular weight is 340 g/mol. The number of primary amides is 1. The molecule has 126 valence electrons. The Kier molecular flexibility index (Phi) is 4.38. The fourth-order valence-corrected chi connectivity index (χ4v) is 2.04. The third-order valence-corrected chi connectivity index (χ3v) is 3.24. The largest absolute Gasteiger partial charge is 0.484 e. The molecule has 0 unspecified atom stereocenters. The molecule has 1 heterocycles. The van der Waals surface area contributed by atoms with Crippen molar-refractivity contribution >= 4 is 11.6 Å². The van der Waals surface area contributed by atoms with Crippen LogP contribution in [0.4, 0.5) is 5.69 Å². The number of nitrogens with two attached hydrogens (primary N) is 1. The molecule has 0 aliphatic heterocycles. The highest BCUT2D eigenvalue weighted by atomic mass is 16.6. The molecule has 0 saturated carbocycles. The van der Waals surface area contributed by atoms with Gasteiger partial charge in [0.05, 0.1) is 4.92 Å². The van der Waals surface area contributed by atoms with E-state index in [9.17, 15) is 14.9 Å². The molecule has 25 heavy (non-hydrogen) atoms. The lowest BCUT2D eigenvalue weighted by molar-refractivity contribution is -0.384. The summed E-state index contributed by atoms with van der Waals surface area (Å²) in [5.74, 6) is 0.533. The van der Waals surface area contributed by atoms with Crippen LogP contribution in [0.5, 0.6) is 5.75 Å². The number of nitro groups is 1. The molecule has 0 aliphatic rings. The van der Waals surface area contributed by atoms with Gasteiger partial charge in [0.15, 0.2) is 6.61 Å². The van der Waals surface area contributed by atoms with E-state index in [0.29, 0.717) is 22.7 Å². The molecule has 1 aromatic heterocycles. The van der Waals surface area contributed by atoms with Crippen LogP contribution in [0.25, 0.3) is 22.8 Å². The molecule has 0 atom stereocenters. The summed E-state index contributed by atoms with van der Waals surface area (Å²) in [6, 6.07) is 12.5. The van der Waals surface area contributed by atoms with E-state index in [4.69, 9.17) is 15.0 Å². The zero-order chi connectivity index (χ0) is 17.8. The fourth-order valence-electron chi connectivity index (χ4n) is 2.04. The van der Waals surface area contributed by atoms with Crippen LogP contribution in [-0.2, 0) is 4.79 Å². The van der Waals surface area contributed by atoms with Gasteiger partial charge in [0.25, 0.3) is 17.5 Å². The number of hydrogen-bond acceptors (Lipinski definition) is 7. The van der Waals surface area contributed by atoms with Gasteiger partial charge in [-0.1, -0.05) is 5.16 Å². The van der Waals surface area contributed by atoms with Gasteiger partial charge in [-0.2, -0.15) is 4.98 Å². The lowest BCUT2D eigenvalue weighted by Gasteiger charge is -2.03. The van der Waals surface area contributed by atoms with Crippen LogP contribution < -0.4 is 10.5 Å². The minimum atomic E-state index is -0.560. The number of carbonyl (C=O) groups is 1. The van der Waals surface area contributed by atoms with Gasteiger partial charge in [0.2, 0.25) is 5.82 Å². The highest BCUT2D eigenvalue weighted by molar-refractivity contribution is 5.75. The monoisotopic (exact) mass is 340 g/mol. The second-order valence-electron chi connectivity index (χ2n) is 5.01. The van der Waals surface area contributed by atoms with Crippen LogP contribution >= 0.6 is 0 Å². The summed E-state index contributed by atoms with van der Waals surface area (Å²) in [5, 5.41) is 14.6. The first-order chi connectivity index (χ1) is 12.0. The maximum Gasteiger partial charge on any atom is 0.269 e. The van der Waals surface area contributed by atoms with E-state index in [2.05, 4.69) is 10.1 Å². The average Bonchev–Trinajstić information content (AvgIpc) is 3.10. The van der Waals surface area contributed by atoms with E-state index in [-0.39, 0.29) is 18.2 Å². The first kappa shape index (κ1) is 16.1. The number of nitro benzene ring substituents is 1. The predicted molar refractivity (Wildman–Crippen MR) is 86.5 cm³/mol. The summed E-state index contributed by atoms with van der Waals surface area (Å²) in [6.45, 7) is -0.203. The molecule has 0 bridgehead atoms. The van der Waals surface area contributed by atoms with Crippen LogP contribution in [0.1, 0.15) is 0 Å². The quantitative estimate of drug-likeness (QED) is 0.536. The first-order valence-electron chi connectivity index (χ1n) is 7.13. The predicted octanol–water partition coefficient (Wildman–Crippen LogP) is 2.18. The minimum absolute atomic E-state index is 0.0185. The molecule has 0 saturated heterocycles. The second kappa shape index (κ2) is 6.79. The van der Waals surface area contributed by atoms with Crippen molar-refractivity contribution < 1.29 is 19.0 Å². The standard InChI is InChI=1S/C16H12N4O5/c17-14(21)9-24-13-7-3-10(4-8-13)15-18-16(25-19-15)11-1-5-12(6-2-11)20(22)23/h1-8H,9H2,(H2,17,21). The van der Waals surface area contributed by atoms with Crippen LogP contribution in [-0.4, -0.2) is 27.6 Å². The normalized spacial score (nSPS) is 10.4. The molecule has 0 aliphatic carbocycles. The smallest absolute Gasteiger partial charge is 0.269 e. The number of nitrogens with zero attached hydrogens (tertiary/aromatic N) is 3. The van der Waals surface area contributed by atoms with Gasteiger partial charge >= 0.3 is 0 Å². The molecule has 9 nitrogen and oxygen atoms in total. The second-order valence-corrected chi connectivity index (χ2v) is 5.01. The minimum Gasteiger partial charge on any atom is -0.484 e. The van der Waals surface area contributed by atoms with E-state index in [1.165, 1.54) is 24.3 Å². The van der Waals surface area contributed by atoms with Crippen LogP contribution in [0, 0.1) is 10.1 Å². The van der Waals surface area contributed by atoms with Gasteiger partial charge in [-0.25, -0.2) is 0 Å². The third-order valence-electron chi connectivity index (χ3n) is 3.24. The van der Waals surface area contributed by atoms with Crippen molar-refractivity contribution in [3.63, 3.8) is 0 Å².